The van der Waals surface area contributed by atoms with Crippen LogP contribution in [-0.4, -0.2) is 25.1 Å². The van der Waals surface area contributed by atoms with Crippen molar-refractivity contribution in [2.45, 2.75) is 13.2 Å². The van der Waals surface area contributed by atoms with E-state index in [9.17, 15) is 4.79 Å². The summed E-state index contributed by atoms with van der Waals surface area (Å²) >= 11 is 0. The molecule has 21 heavy (non-hydrogen) atoms. The Labute approximate surface area is 123 Å². The van der Waals surface area contributed by atoms with E-state index in [0.717, 1.165) is 17.8 Å². The summed E-state index contributed by atoms with van der Waals surface area (Å²) in [5.41, 5.74) is 2.47. The van der Waals surface area contributed by atoms with Crippen LogP contribution in [0.15, 0.2) is 42.6 Å². The number of methoxy groups -OCH3 is 1. The number of hydrogen-bond acceptors (Lipinski definition) is 5. The van der Waals surface area contributed by atoms with Crippen molar-refractivity contribution < 1.29 is 14.3 Å². The van der Waals surface area contributed by atoms with Crippen LogP contribution in [-0.2, 0) is 17.9 Å². The van der Waals surface area contributed by atoms with Gasteiger partial charge in [-0.15, -0.1) is 0 Å². The first-order valence-electron chi connectivity index (χ1n) is 6.62. The maximum absolute atomic E-state index is 11.3. The lowest BCUT2D eigenvalue weighted by molar-refractivity contribution is 0.0600. The molecule has 5 nitrogen and oxygen atoms in total. The predicted molar refractivity (Wildman–Crippen MR) is 79.1 cm³/mol. The summed E-state index contributed by atoms with van der Waals surface area (Å²) in [4.78, 5) is 15.6. The Morgan fingerprint density at radius 3 is 2.52 bits per heavy atom. The first kappa shape index (κ1) is 15.0. The summed E-state index contributed by atoms with van der Waals surface area (Å²) in [5.74, 6) is 0.374. The lowest BCUT2D eigenvalue weighted by Gasteiger charge is -2.07. The zero-order chi connectivity index (χ0) is 15.1. The number of esters is 1. The van der Waals surface area contributed by atoms with Gasteiger partial charge in [-0.2, -0.15) is 0 Å². The molecule has 1 aromatic heterocycles. The molecule has 2 rings (SSSR count). The first-order valence-corrected chi connectivity index (χ1v) is 6.62. The molecule has 0 bridgehead atoms. The molecule has 1 aromatic carbocycles. The summed E-state index contributed by atoms with van der Waals surface area (Å²) < 4.78 is 10.3. The number of benzene rings is 1. The van der Waals surface area contributed by atoms with E-state index in [2.05, 4.69) is 15.0 Å². The number of aromatic nitrogens is 1. The van der Waals surface area contributed by atoms with Gasteiger partial charge >= 0.3 is 5.97 Å². The quantitative estimate of drug-likeness (QED) is 0.825. The third kappa shape index (κ3) is 4.29. The Hall–Kier alpha value is -2.40. The SMILES string of the molecule is CNCc1ccc(OCc2ccc(C(=O)OC)cc2)cn1. The molecular formula is C16H18N2O3. The molecule has 0 fully saturated rings. The molecule has 0 aliphatic carbocycles. The van der Waals surface area contributed by atoms with Gasteiger partial charge in [0.05, 0.1) is 24.6 Å². The third-order valence-electron chi connectivity index (χ3n) is 2.94. The molecule has 1 N–H and O–H groups in total. The summed E-state index contributed by atoms with van der Waals surface area (Å²) in [5, 5.41) is 3.04. The average Bonchev–Trinajstić information content (AvgIpc) is 2.54. The maximum Gasteiger partial charge on any atom is 0.337 e. The van der Waals surface area contributed by atoms with Gasteiger partial charge in [0.1, 0.15) is 12.4 Å². The van der Waals surface area contributed by atoms with Crippen molar-refractivity contribution in [3.8, 4) is 5.75 Å². The lowest BCUT2D eigenvalue weighted by Crippen LogP contribution is -2.06. The fraction of sp³-hybridized carbons (Fsp3) is 0.250. The van der Waals surface area contributed by atoms with E-state index in [1.807, 2.05) is 31.3 Å². The van der Waals surface area contributed by atoms with Crippen LogP contribution in [0.2, 0.25) is 0 Å². The minimum absolute atomic E-state index is 0.341. The zero-order valence-electron chi connectivity index (χ0n) is 12.1. The largest absolute Gasteiger partial charge is 0.487 e. The Kier molecular flexibility index (Phi) is 5.29. The maximum atomic E-state index is 11.3. The molecule has 2 aromatic rings. The van der Waals surface area contributed by atoms with Crippen LogP contribution in [0.1, 0.15) is 21.6 Å². The number of carbonyl (C=O) groups excluding carboxylic acids is 1. The predicted octanol–water partition coefficient (Wildman–Crippen LogP) is 2.17. The molecule has 0 saturated carbocycles. The van der Waals surface area contributed by atoms with Gasteiger partial charge in [-0.25, -0.2) is 4.79 Å². The number of ether oxygens (including phenoxy) is 2. The molecule has 0 aliphatic rings. The Bertz CT molecular complexity index is 579. The van der Waals surface area contributed by atoms with Crippen molar-refractivity contribution in [1.29, 1.82) is 0 Å². The van der Waals surface area contributed by atoms with Gasteiger partial charge in [0, 0.05) is 6.54 Å². The summed E-state index contributed by atoms with van der Waals surface area (Å²) in [6.45, 7) is 1.16. The second-order valence-corrected chi connectivity index (χ2v) is 4.49. The zero-order valence-corrected chi connectivity index (χ0v) is 12.1. The van der Waals surface area contributed by atoms with Crippen LogP contribution < -0.4 is 10.1 Å². The van der Waals surface area contributed by atoms with Crippen LogP contribution in [0.3, 0.4) is 0 Å². The van der Waals surface area contributed by atoms with E-state index in [-0.39, 0.29) is 5.97 Å². The van der Waals surface area contributed by atoms with Crippen molar-refractivity contribution in [2.24, 2.45) is 0 Å². The third-order valence-corrected chi connectivity index (χ3v) is 2.94. The lowest BCUT2D eigenvalue weighted by atomic mass is 10.1. The van der Waals surface area contributed by atoms with E-state index < -0.39 is 0 Å². The molecular weight excluding hydrogens is 268 g/mol. The van der Waals surface area contributed by atoms with Crippen molar-refractivity contribution in [3.63, 3.8) is 0 Å². The average molecular weight is 286 g/mol. The number of rotatable bonds is 6. The molecule has 0 radical (unpaired) electrons. The minimum atomic E-state index is -0.341. The monoisotopic (exact) mass is 286 g/mol. The number of pyridine rings is 1. The van der Waals surface area contributed by atoms with Crippen LogP contribution >= 0.6 is 0 Å². The van der Waals surface area contributed by atoms with Crippen LogP contribution in [0.5, 0.6) is 5.75 Å². The second-order valence-electron chi connectivity index (χ2n) is 4.49. The molecule has 5 heteroatoms. The van der Waals surface area contributed by atoms with E-state index in [1.165, 1.54) is 7.11 Å². The Balaban J connectivity index is 1.91. The molecule has 0 spiro atoms. The molecule has 1 heterocycles. The highest BCUT2D eigenvalue weighted by atomic mass is 16.5. The molecule has 0 amide bonds. The number of nitrogens with one attached hydrogen (secondary N) is 1. The van der Waals surface area contributed by atoms with Gasteiger partial charge < -0.3 is 14.8 Å². The summed E-state index contributed by atoms with van der Waals surface area (Å²) in [6, 6.07) is 10.9. The highest BCUT2D eigenvalue weighted by Gasteiger charge is 2.04. The van der Waals surface area contributed by atoms with Gasteiger partial charge in [0.15, 0.2) is 0 Å². The normalized spacial score (nSPS) is 10.2. The highest BCUT2D eigenvalue weighted by Crippen LogP contribution is 2.13. The van der Waals surface area contributed by atoms with Crippen molar-refractivity contribution in [2.75, 3.05) is 14.2 Å². The van der Waals surface area contributed by atoms with Crippen LogP contribution in [0, 0.1) is 0 Å². The van der Waals surface area contributed by atoms with Crippen molar-refractivity contribution >= 4 is 5.97 Å². The van der Waals surface area contributed by atoms with Gasteiger partial charge in [-0.1, -0.05) is 12.1 Å². The van der Waals surface area contributed by atoms with Crippen LogP contribution in [0.25, 0.3) is 0 Å². The fourth-order valence-corrected chi connectivity index (χ4v) is 1.80. The van der Waals surface area contributed by atoms with Crippen molar-refractivity contribution in [1.82, 2.24) is 10.3 Å². The Morgan fingerprint density at radius 2 is 1.95 bits per heavy atom. The van der Waals surface area contributed by atoms with Crippen LogP contribution in [0.4, 0.5) is 0 Å². The molecule has 110 valence electrons. The standard InChI is InChI=1S/C16H18N2O3/c1-17-9-14-7-8-15(10-18-14)21-11-12-3-5-13(6-4-12)16(19)20-2/h3-8,10,17H,9,11H2,1-2H3. The number of hydrogen-bond donors (Lipinski definition) is 1. The fourth-order valence-electron chi connectivity index (χ4n) is 1.80. The van der Waals surface area contributed by atoms with Gasteiger partial charge in [0.25, 0.3) is 0 Å². The van der Waals surface area contributed by atoms with Gasteiger partial charge in [0.2, 0.25) is 0 Å². The summed E-state index contributed by atoms with van der Waals surface area (Å²) in [7, 11) is 3.24. The van der Waals surface area contributed by atoms with E-state index in [1.54, 1.807) is 18.3 Å². The smallest absolute Gasteiger partial charge is 0.337 e. The first-order chi connectivity index (χ1) is 10.2. The molecule has 0 saturated heterocycles. The van der Waals surface area contributed by atoms with Gasteiger partial charge in [-0.05, 0) is 36.9 Å². The number of nitrogens with zero attached hydrogens (tertiary/aromatic N) is 1. The molecule has 0 unspecified atom stereocenters. The van der Waals surface area contributed by atoms with E-state index in [0.29, 0.717) is 17.9 Å². The highest BCUT2D eigenvalue weighted by molar-refractivity contribution is 5.89. The van der Waals surface area contributed by atoms with E-state index >= 15 is 0 Å². The number of carbonyl (C=O) groups is 1. The van der Waals surface area contributed by atoms with Crippen molar-refractivity contribution in [3.05, 3.63) is 59.4 Å². The Morgan fingerprint density at radius 1 is 1.19 bits per heavy atom. The molecule has 0 atom stereocenters. The van der Waals surface area contributed by atoms with Gasteiger partial charge in [-0.3, -0.25) is 4.98 Å². The topological polar surface area (TPSA) is 60.5 Å². The van der Waals surface area contributed by atoms with E-state index in [4.69, 9.17) is 4.74 Å². The summed E-state index contributed by atoms with van der Waals surface area (Å²) in [6.07, 6.45) is 1.70. The second kappa shape index (κ2) is 7.40. The molecule has 0 aliphatic heterocycles. The minimum Gasteiger partial charge on any atom is -0.487 e.